The maximum absolute atomic E-state index is 13.2. The molecule has 2 aliphatic rings. The van der Waals surface area contributed by atoms with E-state index in [1.54, 1.807) is 30.7 Å². The van der Waals surface area contributed by atoms with Crippen LogP contribution in [0.25, 0.3) is 5.69 Å². The second-order valence-corrected chi connectivity index (χ2v) is 10.2. The number of hydrogen-bond acceptors (Lipinski definition) is 6. The first-order valence-electron chi connectivity index (χ1n) is 11.1. The molecule has 1 atom stereocenters. The van der Waals surface area contributed by atoms with Crippen LogP contribution in [-0.2, 0) is 15.8 Å². The summed E-state index contributed by atoms with van der Waals surface area (Å²) < 4.78 is 35.4. The molecule has 1 saturated heterocycles. The number of rotatable bonds is 5. The first-order chi connectivity index (χ1) is 16.4. The van der Waals surface area contributed by atoms with Crippen molar-refractivity contribution in [3.63, 3.8) is 0 Å². The number of carbonyl (C=O) groups is 1. The fourth-order valence-electron chi connectivity index (χ4n) is 4.52. The van der Waals surface area contributed by atoms with Gasteiger partial charge in [0.05, 0.1) is 24.3 Å². The lowest BCUT2D eigenvalue weighted by Crippen LogP contribution is -2.41. The van der Waals surface area contributed by atoms with Crippen LogP contribution >= 0.6 is 0 Å². The van der Waals surface area contributed by atoms with E-state index < -0.39 is 10.0 Å². The van der Waals surface area contributed by atoms with Gasteiger partial charge in [0, 0.05) is 42.7 Å². The summed E-state index contributed by atoms with van der Waals surface area (Å²) in [4.78, 5) is 19.1. The third kappa shape index (κ3) is 4.54. The maximum atomic E-state index is 13.2. The summed E-state index contributed by atoms with van der Waals surface area (Å²) in [6.07, 6.45) is 7.06. The highest BCUT2D eigenvalue weighted by Gasteiger charge is 2.28. The number of hydrogen-bond donors (Lipinski definition) is 1. The number of fused-ring (bicyclic) bond motifs is 1. The zero-order chi connectivity index (χ0) is 23.7. The molecule has 2 N–H and O–H groups in total. The number of aromatic nitrogens is 2. The SMILES string of the molecule is NC1=NS(=O)(=O)Cc2cccc(OC[C@H]3CCCN(C(=O)c4cccc(-n5ccnc5)c4)C3)c21. The van der Waals surface area contributed by atoms with Gasteiger partial charge in [-0.3, -0.25) is 4.79 Å². The van der Waals surface area contributed by atoms with Crippen LogP contribution in [-0.4, -0.2) is 54.3 Å². The molecule has 1 fully saturated rings. The topological polar surface area (TPSA) is 120 Å². The largest absolute Gasteiger partial charge is 0.492 e. The van der Waals surface area contributed by atoms with Gasteiger partial charge in [-0.05, 0) is 42.7 Å². The van der Waals surface area contributed by atoms with Gasteiger partial charge >= 0.3 is 0 Å². The van der Waals surface area contributed by atoms with Gasteiger partial charge < -0.3 is 19.9 Å². The molecule has 0 saturated carbocycles. The smallest absolute Gasteiger partial charge is 0.259 e. The van der Waals surface area contributed by atoms with E-state index in [0.717, 1.165) is 18.5 Å². The Balaban J connectivity index is 1.27. The molecule has 0 spiro atoms. The molecule has 9 nitrogen and oxygen atoms in total. The molecule has 3 heterocycles. The summed E-state index contributed by atoms with van der Waals surface area (Å²) in [5.41, 5.74) is 8.58. The molecule has 1 amide bonds. The van der Waals surface area contributed by atoms with Crippen molar-refractivity contribution in [3.05, 3.63) is 77.9 Å². The lowest BCUT2D eigenvalue weighted by Gasteiger charge is -2.33. The number of ether oxygens (including phenoxy) is 1. The fourth-order valence-corrected chi connectivity index (χ4v) is 5.61. The second kappa shape index (κ2) is 8.94. The van der Waals surface area contributed by atoms with Gasteiger partial charge in [-0.25, -0.2) is 13.4 Å². The number of imidazole rings is 1. The summed E-state index contributed by atoms with van der Waals surface area (Å²) >= 11 is 0. The van der Waals surface area contributed by atoms with Gasteiger partial charge in [-0.15, -0.1) is 4.40 Å². The van der Waals surface area contributed by atoms with Crippen LogP contribution in [0.15, 0.2) is 65.6 Å². The van der Waals surface area contributed by atoms with Crippen molar-refractivity contribution in [3.8, 4) is 11.4 Å². The van der Waals surface area contributed by atoms with Gasteiger partial charge in [0.2, 0.25) is 0 Å². The Bertz CT molecular complexity index is 1350. The van der Waals surface area contributed by atoms with Crippen LogP contribution in [0.3, 0.4) is 0 Å². The molecule has 10 heteroatoms. The molecule has 2 aliphatic heterocycles. The van der Waals surface area contributed by atoms with Crippen molar-refractivity contribution in [1.29, 1.82) is 0 Å². The molecule has 0 aliphatic carbocycles. The van der Waals surface area contributed by atoms with E-state index in [4.69, 9.17) is 10.5 Å². The minimum atomic E-state index is -3.60. The number of nitrogens with two attached hydrogens (primary N) is 1. The van der Waals surface area contributed by atoms with Crippen molar-refractivity contribution in [1.82, 2.24) is 14.5 Å². The van der Waals surface area contributed by atoms with Crippen molar-refractivity contribution in [2.24, 2.45) is 16.0 Å². The average Bonchev–Trinajstić information content (AvgIpc) is 3.37. The van der Waals surface area contributed by atoms with Crippen LogP contribution < -0.4 is 10.5 Å². The number of benzene rings is 2. The molecule has 0 unspecified atom stereocenters. The molecule has 2 aromatic carbocycles. The third-order valence-corrected chi connectivity index (χ3v) is 7.27. The van der Waals surface area contributed by atoms with Crippen LogP contribution in [0.4, 0.5) is 0 Å². The van der Waals surface area contributed by atoms with Gasteiger partial charge in [0.1, 0.15) is 11.6 Å². The summed E-state index contributed by atoms with van der Waals surface area (Å²) in [7, 11) is -3.60. The van der Waals surface area contributed by atoms with E-state index in [-0.39, 0.29) is 23.4 Å². The van der Waals surface area contributed by atoms with Crippen molar-refractivity contribution in [2.75, 3.05) is 19.7 Å². The van der Waals surface area contributed by atoms with E-state index >= 15 is 0 Å². The predicted molar refractivity (Wildman–Crippen MR) is 127 cm³/mol. The number of piperidine rings is 1. The molecule has 0 radical (unpaired) electrons. The Morgan fingerprint density at radius 3 is 2.88 bits per heavy atom. The summed E-state index contributed by atoms with van der Waals surface area (Å²) in [5, 5.41) is 0. The van der Waals surface area contributed by atoms with Crippen LogP contribution in [0.2, 0.25) is 0 Å². The fraction of sp³-hybridized carbons (Fsp3) is 0.292. The summed E-state index contributed by atoms with van der Waals surface area (Å²) in [6, 6.07) is 12.8. The first-order valence-corrected chi connectivity index (χ1v) is 12.7. The van der Waals surface area contributed by atoms with Crippen molar-refractivity contribution in [2.45, 2.75) is 18.6 Å². The quantitative estimate of drug-likeness (QED) is 0.600. The zero-order valence-electron chi connectivity index (χ0n) is 18.5. The van der Waals surface area contributed by atoms with Gasteiger partial charge in [0.25, 0.3) is 15.9 Å². The lowest BCUT2D eigenvalue weighted by atomic mass is 9.98. The third-order valence-electron chi connectivity index (χ3n) is 6.12. The highest BCUT2D eigenvalue weighted by atomic mass is 32.2. The number of likely N-dealkylation sites (tertiary alicyclic amines) is 1. The predicted octanol–water partition coefficient (Wildman–Crippen LogP) is 2.35. The van der Waals surface area contributed by atoms with Crippen LogP contribution in [0, 0.1) is 5.92 Å². The first kappa shape index (κ1) is 22.1. The Morgan fingerprint density at radius 2 is 2.06 bits per heavy atom. The Labute approximate surface area is 197 Å². The van der Waals surface area contributed by atoms with E-state index in [1.807, 2.05) is 39.9 Å². The molecule has 3 aromatic rings. The Kier molecular flexibility index (Phi) is 5.82. The molecular formula is C24H25N5O4S. The van der Waals surface area contributed by atoms with Crippen LogP contribution in [0.5, 0.6) is 5.75 Å². The zero-order valence-corrected chi connectivity index (χ0v) is 19.3. The normalized spacial score (nSPS) is 19.2. The van der Waals surface area contributed by atoms with Gasteiger partial charge in [0.15, 0.2) is 0 Å². The number of amidine groups is 1. The van der Waals surface area contributed by atoms with Crippen LogP contribution in [0.1, 0.15) is 34.3 Å². The van der Waals surface area contributed by atoms with Gasteiger partial charge in [-0.2, -0.15) is 0 Å². The Morgan fingerprint density at radius 1 is 1.21 bits per heavy atom. The second-order valence-electron chi connectivity index (χ2n) is 8.58. The number of sulfonamides is 1. The van der Waals surface area contributed by atoms with Crippen molar-refractivity contribution < 1.29 is 17.9 Å². The molecule has 0 bridgehead atoms. The minimum Gasteiger partial charge on any atom is -0.492 e. The number of amides is 1. The standard InChI is InChI=1S/C24H25N5O4S/c25-23-22-19(15-34(31,32)27-23)6-2-8-21(22)33-14-17-4-3-10-28(13-17)24(30)18-5-1-7-20(12-18)29-11-9-26-16-29/h1-2,5-9,11-12,16-17H,3-4,10,13-15H2,(H2,25,27)/t17-/m0/s1. The van der Waals surface area contributed by atoms with E-state index in [2.05, 4.69) is 9.38 Å². The summed E-state index contributed by atoms with van der Waals surface area (Å²) in [6.45, 7) is 1.68. The Hall–Kier alpha value is -3.66. The molecule has 5 rings (SSSR count). The molecular weight excluding hydrogens is 454 g/mol. The van der Waals surface area contributed by atoms with Crippen molar-refractivity contribution >= 4 is 21.8 Å². The molecule has 1 aromatic heterocycles. The molecule has 176 valence electrons. The number of nitrogens with zero attached hydrogens (tertiary/aromatic N) is 4. The average molecular weight is 480 g/mol. The number of carbonyl (C=O) groups excluding carboxylic acids is 1. The minimum absolute atomic E-state index is 0.00894. The molecule has 34 heavy (non-hydrogen) atoms. The van der Waals surface area contributed by atoms with E-state index in [0.29, 0.717) is 42.1 Å². The van der Waals surface area contributed by atoms with Gasteiger partial charge in [-0.1, -0.05) is 18.2 Å². The highest BCUT2D eigenvalue weighted by molar-refractivity contribution is 7.89. The monoisotopic (exact) mass is 479 g/mol. The lowest BCUT2D eigenvalue weighted by molar-refractivity contribution is 0.0633. The van der Waals surface area contributed by atoms with E-state index in [1.165, 1.54) is 0 Å². The van der Waals surface area contributed by atoms with E-state index in [9.17, 15) is 13.2 Å². The maximum Gasteiger partial charge on any atom is 0.259 e. The summed E-state index contributed by atoms with van der Waals surface area (Å²) in [5.74, 6) is 0.422. The highest BCUT2D eigenvalue weighted by Crippen LogP contribution is 2.29.